The molecule has 2 aromatic carbocycles. The molecule has 0 spiro atoms. The van der Waals surface area contributed by atoms with E-state index in [1.807, 2.05) is 55.5 Å². The number of nitrogens with zero attached hydrogens (tertiary/aromatic N) is 1. The summed E-state index contributed by atoms with van der Waals surface area (Å²) in [5.74, 6) is 0.0112. The molecular weight excluding hydrogens is 316 g/mol. The number of nitrogen functional groups attached to an aromatic ring is 1. The Morgan fingerprint density at radius 2 is 1.95 bits per heavy atom. The molecule has 1 amide bonds. The number of carbonyl (C=O) groups is 1. The maximum absolute atomic E-state index is 12.5. The van der Waals surface area contributed by atoms with Crippen molar-refractivity contribution in [3.05, 3.63) is 64.1 Å². The Morgan fingerprint density at radius 3 is 2.60 bits per heavy atom. The van der Waals surface area contributed by atoms with Gasteiger partial charge in [-0.05, 0) is 36.8 Å². The highest BCUT2D eigenvalue weighted by molar-refractivity contribution is 9.10. The highest BCUT2D eigenvalue weighted by atomic mass is 79.9. The second-order valence-electron chi connectivity index (χ2n) is 4.53. The van der Waals surface area contributed by atoms with E-state index in [9.17, 15) is 4.79 Å². The number of amides is 1. The minimum absolute atomic E-state index is 0.0112. The molecule has 4 heteroatoms. The molecule has 104 valence electrons. The Morgan fingerprint density at radius 1 is 1.20 bits per heavy atom. The van der Waals surface area contributed by atoms with Crippen LogP contribution in [0.3, 0.4) is 0 Å². The lowest BCUT2D eigenvalue weighted by Crippen LogP contribution is -2.30. The first-order valence-electron chi connectivity index (χ1n) is 6.50. The van der Waals surface area contributed by atoms with Gasteiger partial charge in [0.15, 0.2) is 0 Å². The molecule has 0 atom stereocenters. The zero-order valence-corrected chi connectivity index (χ0v) is 12.9. The average molecular weight is 333 g/mol. The van der Waals surface area contributed by atoms with E-state index < -0.39 is 0 Å². The molecule has 3 nitrogen and oxygen atoms in total. The maximum Gasteiger partial charge on any atom is 0.254 e. The van der Waals surface area contributed by atoms with Gasteiger partial charge in [-0.25, -0.2) is 0 Å². The second kappa shape index (κ2) is 6.57. The van der Waals surface area contributed by atoms with Crippen molar-refractivity contribution in [2.45, 2.75) is 13.5 Å². The van der Waals surface area contributed by atoms with Gasteiger partial charge in [-0.2, -0.15) is 0 Å². The molecular formula is C16H17BrN2O. The molecule has 0 unspecified atom stereocenters. The van der Waals surface area contributed by atoms with E-state index in [0.29, 0.717) is 24.3 Å². The molecule has 0 bridgehead atoms. The lowest BCUT2D eigenvalue weighted by molar-refractivity contribution is 0.0753. The zero-order chi connectivity index (χ0) is 14.5. The van der Waals surface area contributed by atoms with Crippen LogP contribution in [0.25, 0.3) is 0 Å². The van der Waals surface area contributed by atoms with E-state index in [4.69, 9.17) is 5.73 Å². The number of hydrogen-bond acceptors (Lipinski definition) is 2. The predicted molar refractivity (Wildman–Crippen MR) is 85.4 cm³/mol. The standard InChI is InChI=1S/C16H17BrN2O/c1-2-19(11-13-6-3-4-9-15(13)18)16(20)12-7-5-8-14(17)10-12/h3-10H,2,11,18H2,1H3. The highest BCUT2D eigenvalue weighted by Gasteiger charge is 2.15. The summed E-state index contributed by atoms with van der Waals surface area (Å²) in [6, 6.07) is 15.1. The fourth-order valence-corrected chi connectivity index (χ4v) is 2.41. The van der Waals surface area contributed by atoms with Gasteiger partial charge in [0, 0.05) is 28.8 Å². The van der Waals surface area contributed by atoms with Gasteiger partial charge < -0.3 is 10.6 Å². The van der Waals surface area contributed by atoms with Gasteiger partial charge in [-0.1, -0.05) is 40.2 Å². The first-order chi connectivity index (χ1) is 9.61. The number of carbonyl (C=O) groups excluding carboxylic acids is 1. The number of para-hydroxylation sites is 1. The SMILES string of the molecule is CCN(Cc1ccccc1N)C(=O)c1cccc(Br)c1. The molecule has 0 aliphatic carbocycles. The summed E-state index contributed by atoms with van der Waals surface area (Å²) in [6.07, 6.45) is 0. The van der Waals surface area contributed by atoms with Gasteiger partial charge >= 0.3 is 0 Å². The van der Waals surface area contributed by atoms with E-state index in [2.05, 4.69) is 15.9 Å². The maximum atomic E-state index is 12.5. The topological polar surface area (TPSA) is 46.3 Å². The van der Waals surface area contributed by atoms with Gasteiger partial charge in [0.1, 0.15) is 0 Å². The van der Waals surface area contributed by atoms with Crippen LogP contribution in [0, 0.1) is 0 Å². The van der Waals surface area contributed by atoms with E-state index in [1.165, 1.54) is 0 Å². The molecule has 0 aliphatic heterocycles. The summed E-state index contributed by atoms with van der Waals surface area (Å²) >= 11 is 3.39. The average Bonchev–Trinajstić information content (AvgIpc) is 2.46. The van der Waals surface area contributed by atoms with Crippen LogP contribution in [0.4, 0.5) is 5.69 Å². The van der Waals surface area contributed by atoms with Gasteiger partial charge in [-0.15, -0.1) is 0 Å². The van der Waals surface area contributed by atoms with E-state index in [1.54, 1.807) is 4.90 Å². The monoisotopic (exact) mass is 332 g/mol. The van der Waals surface area contributed by atoms with Crippen LogP contribution >= 0.6 is 15.9 Å². The normalized spacial score (nSPS) is 10.3. The fraction of sp³-hybridized carbons (Fsp3) is 0.188. The molecule has 0 aliphatic rings. The van der Waals surface area contributed by atoms with E-state index in [0.717, 1.165) is 10.0 Å². The Bertz CT molecular complexity index is 613. The smallest absolute Gasteiger partial charge is 0.254 e. The van der Waals surface area contributed by atoms with Gasteiger partial charge in [-0.3, -0.25) is 4.79 Å². The van der Waals surface area contributed by atoms with Crippen LogP contribution in [0.2, 0.25) is 0 Å². The molecule has 2 aromatic rings. The molecule has 20 heavy (non-hydrogen) atoms. The zero-order valence-electron chi connectivity index (χ0n) is 11.3. The molecule has 2 N–H and O–H groups in total. The molecule has 0 radical (unpaired) electrons. The van der Waals surface area contributed by atoms with Crippen molar-refractivity contribution in [1.29, 1.82) is 0 Å². The fourth-order valence-electron chi connectivity index (χ4n) is 2.02. The van der Waals surface area contributed by atoms with Crippen molar-refractivity contribution in [2.75, 3.05) is 12.3 Å². The number of hydrogen-bond donors (Lipinski definition) is 1. The largest absolute Gasteiger partial charge is 0.398 e. The third kappa shape index (κ3) is 3.39. The van der Waals surface area contributed by atoms with Crippen LogP contribution in [0.1, 0.15) is 22.8 Å². The summed E-state index contributed by atoms with van der Waals surface area (Å²) in [7, 11) is 0. The van der Waals surface area contributed by atoms with Crippen molar-refractivity contribution in [3.8, 4) is 0 Å². The van der Waals surface area contributed by atoms with E-state index >= 15 is 0 Å². The molecule has 0 saturated carbocycles. The summed E-state index contributed by atoms with van der Waals surface area (Å²) < 4.78 is 0.902. The molecule has 0 saturated heterocycles. The van der Waals surface area contributed by atoms with Crippen molar-refractivity contribution < 1.29 is 4.79 Å². The number of anilines is 1. The van der Waals surface area contributed by atoms with Gasteiger partial charge in [0.2, 0.25) is 0 Å². The number of nitrogens with two attached hydrogens (primary N) is 1. The number of benzene rings is 2. The first-order valence-corrected chi connectivity index (χ1v) is 7.29. The first kappa shape index (κ1) is 14.6. The van der Waals surface area contributed by atoms with Crippen LogP contribution in [0.5, 0.6) is 0 Å². The lowest BCUT2D eigenvalue weighted by Gasteiger charge is -2.22. The van der Waals surface area contributed by atoms with Gasteiger partial charge in [0.05, 0.1) is 0 Å². The molecule has 0 fully saturated rings. The summed E-state index contributed by atoms with van der Waals surface area (Å²) in [4.78, 5) is 14.3. The van der Waals surface area contributed by atoms with Gasteiger partial charge in [0.25, 0.3) is 5.91 Å². The van der Waals surface area contributed by atoms with Crippen LogP contribution < -0.4 is 5.73 Å². The van der Waals surface area contributed by atoms with E-state index in [-0.39, 0.29) is 5.91 Å². The number of rotatable bonds is 4. The van der Waals surface area contributed by atoms with Crippen molar-refractivity contribution >= 4 is 27.5 Å². The quantitative estimate of drug-likeness (QED) is 0.868. The lowest BCUT2D eigenvalue weighted by atomic mass is 10.1. The molecule has 0 aromatic heterocycles. The Kier molecular flexibility index (Phi) is 4.79. The van der Waals surface area contributed by atoms with Crippen LogP contribution in [-0.4, -0.2) is 17.4 Å². The van der Waals surface area contributed by atoms with Crippen molar-refractivity contribution in [3.63, 3.8) is 0 Å². The predicted octanol–water partition coefficient (Wildman–Crippen LogP) is 3.69. The third-order valence-electron chi connectivity index (χ3n) is 3.16. The summed E-state index contributed by atoms with van der Waals surface area (Å²) in [5, 5.41) is 0. The van der Waals surface area contributed by atoms with Crippen LogP contribution in [0.15, 0.2) is 53.0 Å². The third-order valence-corrected chi connectivity index (χ3v) is 3.65. The minimum atomic E-state index is 0.0112. The molecule has 0 heterocycles. The minimum Gasteiger partial charge on any atom is -0.398 e. The second-order valence-corrected chi connectivity index (χ2v) is 5.44. The number of halogens is 1. The summed E-state index contributed by atoms with van der Waals surface area (Å²) in [5.41, 5.74) is 8.30. The Hall–Kier alpha value is -1.81. The van der Waals surface area contributed by atoms with Crippen LogP contribution in [-0.2, 0) is 6.54 Å². The highest BCUT2D eigenvalue weighted by Crippen LogP contribution is 2.17. The molecule has 2 rings (SSSR count). The summed E-state index contributed by atoms with van der Waals surface area (Å²) in [6.45, 7) is 3.13. The Labute approximate surface area is 127 Å². The van der Waals surface area contributed by atoms with Crippen molar-refractivity contribution in [2.24, 2.45) is 0 Å². The Balaban J connectivity index is 2.20. The van der Waals surface area contributed by atoms with Crippen molar-refractivity contribution in [1.82, 2.24) is 4.90 Å².